The summed E-state index contributed by atoms with van der Waals surface area (Å²) in [6.07, 6.45) is 1.07. The van der Waals surface area contributed by atoms with Gasteiger partial charge in [-0.05, 0) is 79.1 Å². The molecule has 254 valence electrons. The molecule has 0 amide bonds. The lowest BCUT2D eigenvalue weighted by Crippen LogP contribution is -2.23. The van der Waals surface area contributed by atoms with Crippen LogP contribution in [0.25, 0.3) is 22.3 Å². The van der Waals surface area contributed by atoms with Gasteiger partial charge in [-0.25, -0.2) is 8.78 Å². The molecule has 0 unspecified atom stereocenters. The number of nitrogens with zero attached hydrogens (tertiary/aromatic N) is 2. The van der Waals surface area contributed by atoms with Gasteiger partial charge in [0, 0.05) is 37.6 Å². The van der Waals surface area contributed by atoms with Gasteiger partial charge in [0.05, 0.1) is 34.1 Å². The maximum absolute atomic E-state index is 16.5. The number of rotatable bonds is 6. The van der Waals surface area contributed by atoms with Crippen molar-refractivity contribution in [3.8, 4) is 33.8 Å². The Balaban J connectivity index is 1.53. The van der Waals surface area contributed by atoms with Crippen LogP contribution in [-0.2, 0) is 12.8 Å². The van der Waals surface area contributed by atoms with Crippen LogP contribution >= 0.6 is 11.8 Å². The molecule has 2 aliphatic rings. The monoisotopic (exact) mass is 700 g/mol. The van der Waals surface area contributed by atoms with Crippen LogP contribution in [0.15, 0.2) is 155 Å². The maximum atomic E-state index is 16.5. The van der Waals surface area contributed by atoms with Gasteiger partial charge in [0.25, 0.3) is 0 Å². The zero-order valence-electron chi connectivity index (χ0n) is 28.7. The zero-order valence-corrected chi connectivity index (χ0v) is 29.6. The molecule has 0 saturated carbocycles. The van der Waals surface area contributed by atoms with E-state index in [9.17, 15) is 0 Å². The second kappa shape index (κ2) is 13.0. The molecule has 2 aliphatic heterocycles. The van der Waals surface area contributed by atoms with Crippen molar-refractivity contribution in [2.75, 3.05) is 9.80 Å². The normalized spacial score (nSPS) is 12.8. The van der Waals surface area contributed by atoms with E-state index in [1.807, 2.05) is 72.8 Å². The number of para-hydroxylation sites is 6. The van der Waals surface area contributed by atoms with Crippen LogP contribution < -0.4 is 14.5 Å². The number of hydrogen-bond acceptors (Lipinski definition) is 4. The quantitative estimate of drug-likeness (QED) is 0.171. The highest BCUT2D eigenvalue weighted by Gasteiger charge is 2.37. The third-order valence-corrected chi connectivity index (χ3v) is 11.1. The second-order valence-electron chi connectivity index (χ2n) is 12.8. The van der Waals surface area contributed by atoms with E-state index >= 15 is 8.78 Å². The van der Waals surface area contributed by atoms with Gasteiger partial charge in [0.2, 0.25) is 0 Å². The Morgan fingerprint density at radius 2 is 0.846 bits per heavy atom. The van der Waals surface area contributed by atoms with Gasteiger partial charge in [-0.1, -0.05) is 111 Å². The summed E-state index contributed by atoms with van der Waals surface area (Å²) in [6, 6.07) is 46.7. The molecule has 0 radical (unpaired) electrons. The molecule has 7 aromatic carbocycles. The predicted molar refractivity (Wildman–Crippen MR) is 210 cm³/mol. The highest BCUT2D eigenvalue weighted by Crippen LogP contribution is 2.61. The number of ether oxygens (including phenoxy) is 1. The van der Waals surface area contributed by atoms with Crippen LogP contribution in [0.3, 0.4) is 0 Å². The predicted octanol–water partition coefficient (Wildman–Crippen LogP) is 13.9. The first kappa shape index (κ1) is 32.1. The molecule has 2 heterocycles. The van der Waals surface area contributed by atoms with E-state index in [1.54, 1.807) is 23.9 Å². The van der Waals surface area contributed by atoms with Crippen LogP contribution in [0.4, 0.5) is 42.9 Å². The van der Waals surface area contributed by atoms with Crippen LogP contribution in [0, 0.1) is 11.6 Å². The fourth-order valence-electron chi connectivity index (χ4n) is 7.81. The summed E-state index contributed by atoms with van der Waals surface area (Å²) in [5.41, 5.74) is 9.66. The fourth-order valence-corrected chi connectivity index (χ4v) is 8.86. The lowest BCUT2D eigenvalue weighted by Gasteiger charge is -2.41. The zero-order chi connectivity index (χ0) is 35.3. The Labute approximate surface area is 306 Å². The van der Waals surface area contributed by atoms with Gasteiger partial charge in [-0.2, -0.15) is 0 Å². The van der Waals surface area contributed by atoms with Crippen molar-refractivity contribution < 1.29 is 13.5 Å². The molecule has 0 bridgehead atoms. The summed E-state index contributed by atoms with van der Waals surface area (Å²) >= 11 is 1.73. The first-order valence-electron chi connectivity index (χ1n) is 17.6. The molecule has 0 saturated heterocycles. The molecular formula is C46H34F2N2OS. The topological polar surface area (TPSA) is 15.7 Å². The number of halogens is 2. The smallest absolute Gasteiger partial charge is 0.151 e. The highest BCUT2D eigenvalue weighted by molar-refractivity contribution is 7.99. The third-order valence-electron chi connectivity index (χ3n) is 9.95. The van der Waals surface area contributed by atoms with Gasteiger partial charge in [-0.3, -0.25) is 0 Å². The summed E-state index contributed by atoms with van der Waals surface area (Å²) in [5, 5.41) is 0. The van der Waals surface area contributed by atoms with E-state index in [2.05, 4.69) is 72.2 Å². The minimum atomic E-state index is -0.340. The van der Waals surface area contributed by atoms with Crippen molar-refractivity contribution >= 4 is 45.9 Å². The lowest BCUT2D eigenvalue weighted by atomic mass is 9.82. The average Bonchev–Trinajstić information content (AvgIpc) is 3.18. The van der Waals surface area contributed by atoms with E-state index in [0.29, 0.717) is 35.5 Å². The molecule has 0 spiro atoms. The Morgan fingerprint density at radius 3 is 1.31 bits per heavy atom. The molecule has 0 aliphatic carbocycles. The molecule has 0 atom stereocenters. The molecule has 9 rings (SSSR count). The van der Waals surface area contributed by atoms with Crippen molar-refractivity contribution in [2.24, 2.45) is 0 Å². The summed E-state index contributed by atoms with van der Waals surface area (Å²) < 4.78 is 39.5. The number of benzene rings is 7. The minimum absolute atomic E-state index is 0.331. The summed E-state index contributed by atoms with van der Waals surface area (Å²) in [4.78, 5) is 6.75. The summed E-state index contributed by atoms with van der Waals surface area (Å²) in [6.45, 7) is 4.22. The van der Waals surface area contributed by atoms with Crippen LogP contribution in [0.2, 0.25) is 0 Å². The van der Waals surface area contributed by atoms with Gasteiger partial charge in [0.15, 0.2) is 11.5 Å². The molecule has 0 N–H and O–H groups in total. The Kier molecular flexibility index (Phi) is 8.05. The molecular weight excluding hydrogens is 667 g/mol. The van der Waals surface area contributed by atoms with Crippen molar-refractivity contribution in [2.45, 2.75) is 36.5 Å². The Morgan fingerprint density at radius 1 is 0.462 bits per heavy atom. The fraction of sp³-hybridized carbons (Fsp3) is 0.0870. The van der Waals surface area contributed by atoms with Crippen LogP contribution in [0.5, 0.6) is 11.5 Å². The average molecular weight is 701 g/mol. The Bertz CT molecular complexity index is 2250. The van der Waals surface area contributed by atoms with Gasteiger partial charge in [0.1, 0.15) is 11.6 Å². The first-order chi connectivity index (χ1) is 25.6. The van der Waals surface area contributed by atoms with Crippen molar-refractivity contribution in [3.63, 3.8) is 0 Å². The third kappa shape index (κ3) is 5.01. The molecule has 7 aromatic rings. The number of fused-ring (bicyclic) bond motifs is 4. The first-order valence-corrected chi connectivity index (χ1v) is 18.4. The molecule has 52 heavy (non-hydrogen) atoms. The van der Waals surface area contributed by atoms with Crippen LogP contribution in [-0.4, -0.2) is 0 Å². The van der Waals surface area contributed by atoms with E-state index in [4.69, 9.17) is 4.74 Å². The maximum Gasteiger partial charge on any atom is 0.151 e. The second-order valence-corrected chi connectivity index (χ2v) is 13.9. The molecule has 0 aromatic heterocycles. The largest absolute Gasteiger partial charge is 0.453 e. The SMILES string of the molecule is CCc1c(-c2ccccc2F)c(N2c3ccccc3Oc3ccccc32)c(CC)c(N2c3ccccc3Sc3ccccc32)c1-c1ccccc1F. The van der Waals surface area contributed by atoms with E-state index in [1.165, 1.54) is 12.1 Å². The van der Waals surface area contributed by atoms with Gasteiger partial charge in [-0.15, -0.1) is 0 Å². The Hall–Kier alpha value is -5.85. The minimum Gasteiger partial charge on any atom is -0.453 e. The van der Waals surface area contributed by atoms with E-state index in [0.717, 1.165) is 66.2 Å². The molecule has 6 heteroatoms. The lowest BCUT2D eigenvalue weighted by molar-refractivity contribution is 0.477. The van der Waals surface area contributed by atoms with Crippen molar-refractivity contribution in [1.29, 1.82) is 0 Å². The number of hydrogen-bond donors (Lipinski definition) is 0. The van der Waals surface area contributed by atoms with Gasteiger partial charge >= 0.3 is 0 Å². The highest BCUT2D eigenvalue weighted by atomic mass is 32.2. The van der Waals surface area contributed by atoms with Gasteiger partial charge < -0.3 is 14.5 Å². The molecule has 0 fully saturated rings. The van der Waals surface area contributed by atoms with E-state index in [-0.39, 0.29) is 11.6 Å². The number of anilines is 6. The standard InChI is InChI=1S/C46H34F2N2OS/c1-3-29-43(31-17-5-7-19-33(31)47)45(49-35-21-9-13-25-39(35)51-40-26-14-10-22-36(40)49)30(4-2)46(44(29)32-18-6-8-20-34(32)48)50-37-23-11-15-27-41(37)52-42-28-16-12-24-38(42)50/h5-28H,3-4H2,1-2H3. The van der Waals surface area contributed by atoms with Crippen LogP contribution in [0.1, 0.15) is 25.0 Å². The van der Waals surface area contributed by atoms with Crippen molar-refractivity contribution in [1.82, 2.24) is 0 Å². The summed E-state index contributed by atoms with van der Waals surface area (Å²) in [5.74, 6) is 0.728. The molecule has 3 nitrogen and oxygen atoms in total. The van der Waals surface area contributed by atoms with Crippen molar-refractivity contribution in [3.05, 3.63) is 168 Å². The summed E-state index contributed by atoms with van der Waals surface area (Å²) in [7, 11) is 0. The van der Waals surface area contributed by atoms with E-state index < -0.39 is 0 Å².